The lowest BCUT2D eigenvalue weighted by molar-refractivity contribution is -0.130. The fourth-order valence-electron chi connectivity index (χ4n) is 1.63. The molecule has 6 heteroatoms. The van der Waals surface area contributed by atoms with Crippen LogP contribution >= 0.6 is 0 Å². The molecule has 1 aliphatic heterocycles. The first-order valence-electron chi connectivity index (χ1n) is 5.95. The fourth-order valence-corrected chi connectivity index (χ4v) is 1.63. The Kier molecular flexibility index (Phi) is 7.33. The summed E-state index contributed by atoms with van der Waals surface area (Å²) in [7, 11) is 0. The first kappa shape index (κ1) is 13.9. The molecule has 1 rings (SSSR count). The molecule has 1 aliphatic rings. The van der Waals surface area contributed by atoms with Crippen LogP contribution in [0.1, 0.15) is 12.8 Å². The van der Waals surface area contributed by atoms with Crippen molar-refractivity contribution in [3.8, 4) is 0 Å². The number of morpholine rings is 1. The number of carbonyl (C=O) groups excluding carboxylic acids is 2. The Hall–Kier alpha value is -1.14. The van der Waals surface area contributed by atoms with Gasteiger partial charge in [0, 0.05) is 32.6 Å². The second-order valence-corrected chi connectivity index (χ2v) is 3.87. The molecule has 0 radical (unpaired) electrons. The minimum atomic E-state index is 0.00718. The summed E-state index contributed by atoms with van der Waals surface area (Å²) < 4.78 is 9.73. The monoisotopic (exact) mass is 244 g/mol. The average Bonchev–Trinajstić information content (AvgIpc) is 2.36. The Morgan fingerprint density at radius 1 is 1.41 bits per heavy atom. The molecule has 1 N–H and O–H groups in total. The van der Waals surface area contributed by atoms with E-state index < -0.39 is 0 Å². The number of carbonyl (C=O) groups is 2. The van der Waals surface area contributed by atoms with E-state index in [4.69, 9.17) is 4.74 Å². The van der Waals surface area contributed by atoms with Gasteiger partial charge in [-0.25, -0.2) is 0 Å². The summed E-state index contributed by atoms with van der Waals surface area (Å²) in [4.78, 5) is 23.5. The van der Waals surface area contributed by atoms with Crippen LogP contribution in [-0.2, 0) is 19.1 Å². The molecule has 98 valence electrons. The Balaban J connectivity index is 1.93. The molecule has 0 spiro atoms. The number of nitrogens with one attached hydrogen (secondary N) is 1. The zero-order valence-electron chi connectivity index (χ0n) is 10.0. The van der Waals surface area contributed by atoms with E-state index in [9.17, 15) is 9.59 Å². The van der Waals surface area contributed by atoms with Gasteiger partial charge in [-0.05, 0) is 6.42 Å². The fraction of sp³-hybridized carbons (Fsp3) is 0.818. The summed E-state index contributed by atoms with van der Waals surface area (Å²) in [6.45, 7) is 5.64. The Morgan fingerprint density at radius 2 is 2.18 bits per heavy atom. The second kappa shape index (κ2) is 8.95. The quantitative estimate of drug-likeness (QED) is 0.455. The first-order chi connectivity index (χ1) is 8.33. The minimum absolute atomic E-state index is 0.00718. The lowest BCUT2D eigenvalue weighted by atomic mass is 10.3. The molecule has 0 aromatic heterocycles. The Labute approximate surface area is 101 Å². The smallest absolute Gasteiger partial charge is 0.293 e. The topological polar surface area (TPSA) is 67.9 Å². The molecule has 0 bridgehead atoms. The molecule has 1 amide bonds. The van der Waals surface area contributed by atoms with E-state index in [-0.39, 0.29) is 5.91 Å². The van der Waals surface area contributed by atoms with Crippen LogP contribution in [0.4, 0.5) is 0 Å². The number of ether oxygens (including phenoxy) is 2. The third-order valence-corrected chi connectivity index (χ3v) is 2.59. The van der Waals surface area contributed by atoms with Gasteiger partial charge in [0.1, 0.15) is 0 Å². The van der Waals surface area contributed by atoms with E-state index in [1.54, 1.807) is 0 Å². The van der Waals surface area contributed by atoms with Crippen molar-refractivity contribution in [2.24, 2.45) is 0 Å². The number of amides is 1. The van der Waals surface area contributed by atoms with Gasteiger partial charge in [0.2, 0.25) is 5.91 Å². The van der Waals surface area contributed by atoms with E-state index in [1.807, 2.05) is 0 Å². The van der Waals surface area contributed by atoms with Gasteiger partial charge < -0.3 is 14.8 Å². The van der Waals surface area contributed by atoms with E-state index >= 15 is 0 Å². The summed E-state index contributed by atoms with van der Waals surface area (Å²) in [5.74, 6) is 0.00718. The molecule has 1 fully saturated rings. The van der Waals surface area contributed by atoms with Crippen molar-refractivity contribution < 1.29 is 19.1 Å². The highest BCUT2D eigenvalue weighted by atomic mass is 16.5. The highest BCUT2D eigenvalue weighted by Gasteiger charge is 2.09. The molecule has 0 aliphatic carbocycles. The van der Waals surface area contributed by atoms with Gasteiger partial charge in [0.15, 0.2) is 0 Å². The number of hydrogen-bond donors (Lipinski definition) is 1. The van der Waals surface area contributed by atoms with Gasteiger partial charge in [-0.15, -0.1) is 0 Å². The molecular weight excluding hydrogens is 224 g/mol. The zero-order valence-corrected chi connectivity index (χ0v) is 10.0. The van der Waals surface area contributed by atoms with Crippen molar-refractivity contribution >= 4 is 12.4 Å². The van der Waals surface area contributed by atoms with Crippen LogP contribution in [0.3, 0.4) is 0 Å². The lowest BCUT2D eigenvalue weighted by Gasteiger charge is -2.26. The van der Waals surface area contributed by atoms with Crippen molar-refractivity contribution in [1.29, 1.82) is 0 Å². The van der Waals surface area contributed by atoms with E-state index in [2.05, 4.69) is 15.0 Å². The van der Waals surface area contributed by atoms with Crippen LogP contribution in [0, 0.1) is 0 Å². The zero-order chi connectivity index (χ0) is 12.3. The summed E-state index contributed by atoms with van der Waals surface area (Å²) in [6.07, 6.45) is 0.971. The molecule has 0 aromatic rings. The summed E-state index contributed by atoms with van der Waals surface area (Å²) in [6, 6.07) is 0. The van der Waals surface area contributed by atoms with Gasteiger partial charge in [-0.3, -0.25) is 14.5 Å². The van der Waals surface area contributed by atoms with Gasteiger partial charge in [-0.2, -0.15) is 0 Å². The van der Waals surface area contributed by atoms with Crippen LogP contribution in [0.2, 0.25) is 0 Å². The molecule has 0 aromatic carbocycles. The van der Waals surface area contributed by atoms with Crippen LogP contribution in [0.25, 0.3) is 0 Å². The summed E-state index contributed by atoms with van der Waals surface area (Å²) in [5.41, 5.74) is 0. The SMILES string of the molecule is O=COCCCC(=O)NCCN1CCOCC1. The normalized spacial score (nSPS) is 16.5. The molecule has 0 saturated carbocycles. The third-order valence-electron chi connectivity index (χ3n) is 2.59. The molecule has 6 nitrogen and oxygen atoms in total. The van der Waals surface area contributed by atoms with Crippen LogP contribution in [0.5, 0.6) is 0 Å². The third kappa shape index (κ3) is 6.91. The van der Waals surface area contributed by atoms with Gasteiger partial charge in [0.05, 0.1) is 19.8 Å². The predicted octanol–water partition coefficient (Wildman–Crippen LogP) is -0.612. The Bertz CT molecular complexity index is 230. The first-order valence-corrected chi connectivity index (χ1v) is 5.95. The maximum atomic E-state index is 11.3. The maximum Gasteiger partial charge on any atom is 0.293 e. The largest absolute Gasteiger partial charge is 0.468 e. The molecule has 0 atom stereocenters. The number of rotatable bonds is 8. The van der Waals surface area contributed by atoms with Gasteiger partial charge in [-0.1, -0.05) is 0 Å². The van der Waals surface area contributed by atoms with Crippen molar-refractivity contribution in [2.45, 2.75) is 12.8 Å². The van der Waals surface area contributed by atoms with Crippen molar-refractivity contribution in [3.63, 3.8) is 0 Å². The molecule has 17 heavy (non-hydrogen) atoms. The van der Waals surface area contributed by atoms with Crippen LogP contribution in [0.15, 0.2) is 0 Å². The average molecular weight is 244 g/mol. The summed E-state index contributed by atoms with van der Waals surface area (Å²) in [5, 5.41) is 2.84. The second-order valence-electron chi connectivity index (χ2n) is 3.87. The van der Waals surface area contributed by atoms with Gasteiger partial charge >= 0.3 is 0 Å². The highest BCUT2D eigenvalue weighted by Crippen LogP contribution is 1.95. The Morgan fingerprint density at radius 3 is 2.88 bits per heavy atom. The molecule has 1 heterocycles. The lowest BCUT2D eigenvalue weighted by Crippen LogP contribution is -2.41. The predicted molar refractivity (Wildman–Crippen MR) is 61.5 cm³/mol. The summed E-state index contributed by atoms with van der Waals surface area (Å²) >= 11 is 0. The minimum Gasteiger partial charge on any atom is -0.468 e. The van der Waals surface area contributed by atoms with E-state index in [0.29, 0.717) is 32.5 Å². The van der Waals surface area contributed by atoms with Gasteiger partial charge in [0.25, 0.3) is 6.47 Å². The van der Waals surface area contributed by atoms with Crippen molar-refractivity contribution in [3.05, 3.63) is 0 Å². The number of hydrogen-bond acceptors (Lipinski definition) is 5. The molecular formula is C11H20N2O4. The van der Waals surface area contributed by atoms with Crippen LogP contribution < -0.4 is 5.32 Å². The van der Waals surface area contributed by atoms with Crippen molar-refractivity contribution in [2.75, 3.05) is 46.0 Å². The van der Waals surface area contributed by atoms with E-state index in [0.717, 1.165) is 32.8 Å². The maximum absolute atomic E-state index is 11.3. The molecule has 1 saturated heterocycles. The molecule has 0 unspecified atom stereocenters. The number of nitrogens with zero attached hydrogens (tertiary/aromatic N) is 1. The standard InChI is InChI=1S/C11H20N2O4/c14-10-17-7-1-2-11(15)12-3-4-13-5-8-16-9-6-13/h10H,1-9H2,(H,12,15). The van der Waals surface area contributed by atoms with Crippen molar-refractivity contribution in [1.82, 2.24) is 10.2 Å². The van der Waals surface area contributed by atoms with E-state index in [1.165, 1.54) is 0 Å². The van der Waals surface area contributed by atoms with Crippen LogP contribution in [-0.4, -0.2) is 63.3 Å². The highest BCUT2D eigenvalue weighted by molar-refractivity contribution is 5.75.